The van der Waals surface area contributed by atoms with Gasteiger partial charge in [0.25, 0.3) is 0 Å². The zero-order valence-corrected chi connectivity index (χ0v) is 17.2. The van der Waals surface area contributed by atoms with Crippen LogP contribution in [0.3, 0.4) is 0 Å². The molecule has 1 heterocycles. The second kappa shape index (κ2) is 10.0. The summed E-state index contributed by atoms with van der Waals surface area (Å²) in [6.07, 6.45) is 6.86. The molecule has 0 saturated heterocycles. The number of nitrogens with zero attached hydrogens (tertiary/aromatic N) is 2. The van der Waals surface area contributed by atoms with Gasteiger partial charge in [0.2, 0.25) is 0 Å². The molecule has 1 aromatic carbocycles. The van der Waals surface area contributed by atoms with Gasteiger partial charge in [-0.2, -0.15) is 0 Å². The van der Waals surface area contributed by atoms with Crippen LogP contribution < -0.4 is 10.2 Å². The van der Waals surface area contributed by atoms with E-state index in [0.717, 1.165) is 54.5 Å². The number of benzene rings is 1. The maximum atomic E-state index is 13.7. The Morgan fingerprint density at radius 3 is 2.72 bits per heavy atom. The summed E-state index contributed by atoms with van der Waals surface area (Å²) in [4.78, 5) is 29.0. The number of nitrogens with one attached hydrogen (secondary N) is 1. The molecule has 1 saturated carbocycles. The molecular weight excluding hydrogens is 420 g/mol. The summed E-state index contributed by atoms with van der Waals surface area (Å²) in [5.41, 5.74) is 0.274. The number of carboxylic acid groups (broad SMARTS) is 1. The van der Waals surface area contributed by atoms with Gasteiger partial charge >= 0.3 is 12.0 Å². The average molecular weight is 442 g/mol. The lowest BCUT2D eigenvalue weighted by Gasteiger charge is -2.24. The number of carbonyl (C=O) groups excluding carboxylic acids is 1. The van der Waals surface area contributed by atoms with Crippen molar-refractivity contribution in [3.8, 4) is 0 Å². The number of aromatic nitrogens is 1. The Balaban J connectivity index is 1.70. The number of thiazole rings is 1. The van der Waals surface area contributed by atoms with Gasteiger partial charge in [-0.3, -0.25) is 15.0 Å². The minimum Gasteiger partial charge on any atom is -0.481 e. The lowest BCUT2D eigenvalue weighted by Crippen LogP contribution is -2.36. The van der Waals surface area contributed by atoms with Crippen LogP contribution in [0, 0.1) is 17.6 Å². The first-order chi connectivity index (χ1) is 13.9. The molecule has 1 aromatic heterocycles. The number of hydrogen-bond acceptors (Lipinski definition) is 5. The van der Waals surface area contributed by atoms with Crippen LogP contribution >= 0.6 is 23.1 Å². The highest BCUT2D eigenvalue weighted by Gasteiger charge is 2.22. The fraction of sp³-hybridized carbons (Fsp3) is 0.421. The number of halogens is 2. The molecule has 0 atom stereocenters. The van der Waals surface area contributed by atoms with E-state index in [4.69, 9.17) is 5.11 Å². The number of anilines is 2. The van der Waals surface area contributed by atoms with Crippen LogP contribution in [0.1, 0.15) is 32.1 Å². The predicted octanol–water partition coefficient (Wildman–Crippen LogP) is 5.22. The average Bonchev–Trinajstić information content (AvgIpc) is 3.35. The highest BCUT2D eigenvalue weighted by atomic mass is 32.2. The molecular formula is C19H21F2N3O3S2. The first-order valence-electron chi connectivity index (χ1n) is 9.26. The van der Waals surface area contributed by atoms with E-state index in [1.54, 1.807) is 0 Å². The molecule has 0 unspecified atom stereocenters. The monoisotopic (exact) mass is 441 g/mol. The molecule has 3 rings (SSSR count). The highest BCUT2D eigenvalue weighted by Crippen LogP contribution is 2.30. The summed E-state index contributed by atoms with van der Waals surface area (Å²) in [5, 5.41) is 11.7. The van der Waals surface area contributed by atoms with E-state index >= 15 is 0 Å². The zero-order chi connectivity index (χ0) is 20.8. The van der Waals surface area contributed by atoms with Crippen LogP contribution in [0.4, 0.5) is 24.4 Å². The maximum absolute atomic E-state index is 13.7. The topological polar surface area (TPSA) is 82.5 Å². The fourth-order valence-electron chi connectivity index (χ4n) is 3.29. The number of carbonyl (C=O) groups is 2. The zero-order valence-electron chi connectivity index (χ0n) is 15.6. The van der Waals surface area contributed by atoms with Gasteiger partial charge in [-0.25, -0.2) is 18.6 Å². The lowest BCUT2D eigenvalue weighted by atomic mass is 10.0. The lowest BCUT2D eigenvalue weighted by molar-refractivity contribution is -0.133. The molecule has 29 heavy (non-hydrogen) atoms. The number of amides is 2. The molecule has 156 valence electrons. The molecule has 0 bridgehead atoms. The quantitative estimate of drug-likeness (QED) is 0.549. The van der Waals surface area contributed by atoms with Crippen molar-refractivity contribution in [3.63, 3.8) is 0 Å². The number of thioether (sulfide) groups is 1. The standard InChI is InChI=1S/C19H21F2N3O3S2/c20-14-6-5-13(9-15(14)21)24(8-7-12-3-1-2-4-12)19(27)23-18-22-10-17(29-18)28-11-16(25)26/h5-6,9-10,12H,1-4,7-8,11H2,(H,25,26)(H,22,23,27). The number of carboxylic acids is 1. The van der Waals surface area contributed by atoms with Crippen LogP contribution in [0.5, 0.6) is 0 Å². The predicted molar refractivity (Wildman–Crippen MR) is 110 cm³/mol. The van der Waals surface area contributed by atoms with Gasteiger partial charge in [0, 0.05) is 18.3 Å². The molecule has 2 amide bonds. The molecule has 10 heteroatoms. The molecule has 6 nitrogen and oxygen atoms in total. The third-order valence-electron chi connectivity index (χ3n) is 4.73. The summed E-state index contributed by atoms with van der Waals surface area (Å²) in [7, 11) is 0. The van der Waals surface area contributed by atoms with Crippen LogP contribution in [-0.4, -0.2) is 34.4 Å². The van der Waals surface area contributed by atoms with Crippen molar-refractivity contribution in [3.05, 3.63) is 36.0 Å². The molecule has 0 aliphatic heterocycles. The third kappa shape index (κ3) is 6.14. The summed E-state index contributed by atoms with van der Waals surface area (Å²) in [6.45, 7) is 0.383. The normalized spacial score (nSPS) is 14.1. The first kappa shape index (κ1) is 21.5. The van der Waals surface area contributed by atoms with Gasteiger partial charge in [0.1, 0.15) is 0 Å². The van der Waals surface area contributed by atoms with Crippen LogP contribution in [0.25, 0.3) is 0 Å². The van der Waals surface area contributed by atoms with Crippen LogP contribution in [0.15, 0.2) is 28.6 Å². The summed E-state index contributed by atoms with van der Waals surface area (Å²) in [5.74, 6) is -2.50. The molecule has 2 aromatic rings. The first-order valence-corrected chi connectivity index (χ1v) is 11.1. The Bertz CT molecular complexity index is 872. The third-order valence-corrected chi connectivity index (χ3v) is 6.82. The van der Waals surface area contributed by atoms with E-state index in [0.29, 0.717) is 21.8 Å². The van der Waals surface area contributed by atoms with Crippen molar-refractivity contribution >= 4 is 45.9 Å². The minimum absolute atomic E-state index is 0.0993. The fourth-order valence-corrected chi connectivity index (χ4v) is 4.87. The van der Waals surface area contributed by atoms with Crippen molar-refractivity contribution in [2.75, 3.05) is 22.5 Å². The number of rotatable bonds is 8. The largest absolute Gasteiger partial charge is 0.481 e. The molecule has 2 N–H and O–H groups in total. The van der Waals surface area contributed by atoms with Gasteiger partial charge < -0.3 is 5.11 Å². The Morgan fingerprint density at radius 1 is 1.28 bits per heavy atom. The van der Waals surface area contributed by atoms with Crippen molar-refractivity contribution in [1.29, 1.82) is 0 Å². The minimum atomic E-state index is -1.01. The molecule has 1 aliphatic rings. The van der Waals surface area contributed by atoms with Gasteiger partial charge in [0.15, 0.2) is 16.8 Å². The van der Waals surface area contributed by atoms with Gasteiger partial charge in [0.05, 0.1) is 16.2 Å². The van der Waals surface area contributed by atoms with Crippen molar-refractivity contribution < 1.29 is 23.5 Å². The van der Waals surface area contributed by atoms with Gasteiger partial charge in [-0.1, -0.05) is 37.0 Å². The second-order valence-electron chi connectivity index (χ2n) is 6.79. The smallest absolute Gasteiger partial charge is 0.328 e. The van der Waals surface area contributed by atoms with Crippen molar-refractivity contribution in [2.24, 2.45) is 5.92 Å². The molecule has 1 aliphatic carbocycles. The van der Waals surface area contributed by atoms with Crippen molar-refractivity contribution in [2.45, 2.75) is 36.3 Å². The van der Waals surface area contributed by atoms with E-state index in [1.165, 1.54) is 30.0 Å². The Morgan fingerprint density at radius 2 is 2.03 bits per heavy atom. The summed E-state index contributed by atoms with van der Waals surface area (Å²) < 4.78 is 27.7. The van der Waals surface area contributed by atoms with Crippen LogP contribution in [0.2, 0.25) is 0 Å². The number of urea groups is 1. The van der Waals surface area contributed by atoms with E-state index in [9.17, 15) is 18.4 Å². The second-order valence-corrected chi connectivity index (χ2v) is 9.09. The number of aliphatic carboxylic acids is 1. The Labute approximate surface area is 175 Å². The van der Waals surface area contributed by atoms with Gasteiger partial charge in [-0.15, -0.1) is 11.8 Å². The van der Waals surface area contributed by atoms with Gasteiger partial charge in [-0.05, 0) is 24.5 Å². The molecule has 0 spiro atoms. The highest BCUT2D eigenvalue weighted by molar-refractivity contribution is 8.01. The Kier molecular flexibility index (Phi) is 7.43. The SMILES string of the molecule is O=C(O)CSc1cnc(NC(=O)N(CCC2CCCC2)c2ccc(F)c(F)c2)s1. The molecule has 0 radical (unpaired) electrons. The summed E-state index contributed by atoms with van der Waals surface area (Å²) in [6, 6.07) is 2.91. The number of hydrogen-bond donors (Lipinski definition) is 2. The van der Waals surface area contributed by atoms with Crippen molar-refractivity contribution in [1.82, 2.24) is 4.98 Å². The Hall–Kier alpha value is -2.20. The van der Waals surface area contributed by atoms with E-state index in [2.05, 4.69) is 10.3 Å². The molecule has 1 fully saturated rings. The van der Waals surface area contributed by atoms with E-state index < -0.39 is 23.6 Å². The van der Waals surface area contributed by atoms with Crippen LogP contribution in [-0.2, 0) is 4.79 Å². The summed E-state index contributed by atoms with van der Waals surface area (Å²) >= 11 is 2.27. The maximum Gasteiger partial charge on any atom is 0.328 e. The van der Waals surface area contributed by atoms with E-state index in [1.807, 2.05) is 0 Å². The van der Waals surface area contributed by atoms with E-state index in [-0.39, 0.29) is 11.4 Å².